The molecule has 0 spiro atoms. The summed E-state index contributed by atoms with van der Waals surface area (Å²) in [5.41, 5.74) is 2.53. The Hall–Kier alpha value is -3.22. The van der Waals surface area contributed by atoms with Crippen LogP contribution in [0.4, 0.5) is 11.8 Å². The van der Waals surface area contributed by atoms with Crippen LogP contribution < -0.4 is 9.80 Å². The van der Waals surface area contributed by atoms with Gasteiger partial charge in [-0.25, -0.2) is 19.9 Å². The molecule has 0 N–H and O–H groups in total. The predicted octanol–water partition coefficient (Wildman–Crippen LogP) is 3.06. The molecule has 0 radical (unpaired) electrons. The lowest BCUT2D eigenvalue weighted by atomic mass is 10.2. The summed E-state index contributed by atoms with van der Waals surface area (Å²) < 4.78 is 6.14. The van der Waals surface area contributed by atoms with E-state index >= 15 is 0 Å². The van der Waals surface area contributed by atoms with Crippen molar-refractivity contribution in [1.82, 2.24) is 19.9 Å². The van der Waals surface area contributed by atoms with E-state index in [2.05, 4.69) is 32.8 Å². The van der Waals surface area contributed by atoms with Crippen LogP contribution in [0.15, 0.2) is 47.1 Å². The summed E-state index contributed by atoms with van der Waals surface area (Å²) >= 11 is 0. The van der Waals surface area contributed by atoms with Gasteiger partial charge < -0.3 is 14.2 Å². The molecule has 3 aromatic heterocycles. The molecule has 0 atom stereocenters. The summed E-state index contributed by atoms with van der Waals surface area (Å²) in [6.07, 6.45) is 4.36. The van der Waals surface area contributed by atoms with Gasteiger partial charge in [-0.05, 0) is 18.2 Å². The first kappa shape index (κ1) is 16.0. The van der Waals surface area contributed by atoms with Gasteiger partial charge in [0, 0.05) is 50.4 Å². The molecule has 4 aromatic rings. The normalized spacial score (nSPS) is 15.0. The highest BCUT2D eigenvalue weighted by molar-refractivity contribution is 6.05. The predicted molar refractivity (Wildman–Crippen MR) is 105 cm³/mol. The maximum absolute atomic E-state index is 6.14. The monoisotopic (exact) mass is 360 g/mol. The van der Waals surface area contributed by atoms with Crippen LogP contribution in [0, 0.1) is 0 Å². The van der Waals surface area contributed by atoms with Crippen LogP contribution in [0.3, 0.4) is 0 Å². The van der Waals surface area contributed by atoms with Crippen LogP contribution >= 0.6 is 0 Å². The van der Waals surface area contributed by atoms with Gasteiger partial charge in [-0.15, -0.1) is 0 Å². The summed E-state index contributed by atoms with van der Waals surface area (Å²) in [5.74, 6) is 2.52. The Morgan fingerprint density at radius 1 is 0.926 bits per heavy atom. The first-order valence-corrected chi connectivity index (χ1v) is 9.28. The van der Waals surface area contributed by atoms with E-state index in [1.165, 1.54) is 0 Å². The second-order valence-corrected chi connectivity index (χ2v) is 6.62. The molecule has 0 saturated carbocycles. The second-order valence-electron chi connectivity index (χ2n) is 6.62. The number of aryl methyl sites for hydroxylation is 1. The number of anilines is 2. The van der Waals surface area contributed by atoms with Crippen molar-refractivity contribution in [1.29, 1.82) is 0 Å². The summed E-state index contributed by atoms with van der Waals surface area (Å²) in [4.78, 5) is 22.7. The molecule has 1 fully saturated rings. The molecule has 0 amide bonds. The summed E-state index contributed by atoms with van der Waals surface area (Å²) in [7, 11) is 0. The lowest BCUT2D eigenvalue weighted by Crippen LogP contribution is -2.47. The second kappa shape index (κ2) is 6.50. The molecule has 1 aliphatic rings. The van der Waals surface area contributed by atoms with Crippen LogP contribution in [0.25, 0.3) is 22.1 Å². The third kappa shape index (κ3) is 2.75. The number of hydrogen-bond acceptors (Lipinski definition) is 7. The molecule has 4 heterocycles. The van der Waals surface area contributed by atoms with Gasteiger partial charge in [0.05, 0.1) is 0 Å². The van der Waals surface area contributed by atoms with Crippen LogP contribution in [-0.2, 0) is 6.42 Å². The SMILES string of the molecule is CCc1nc(N2CCN(c3ncccn3)CC2)c2oc3ccccc3c2n1. The molecule has 27 heavy (non-hydrogen) atoms. The smallest absolute Gasteiger partial charge is 0.225 e. The molecule has 1 aliphatic heterocycles. The number of hydrogen-bond donors (Lipinski definition) is 0. The first-order valence-electron chi connectivity index (χ1n) is 9.28. The van der Waals surface area contributed by atoms with Crippen molar-refractivity contribution < 1.29 is 4.42 Å². The Labute approximate surface area is 156 Å². The summed E-state index contributed by atoms with van der Waals surface area (Å²) in [6, 6.07) is 9.88. The van der Waals surface area contributed by atoms with Crippen molar-refractivity contribution in [3.05, 3.63) is 48.5 Å². The average Bonchev–Trinajstić information content (AvgIpc) is 3.12. The fourth-order valence-electron chi connectivity index (χ4n) is 3.57. The summed E-state index contributed by atoms with van der Waals surface area (Å²) in [6.45, 7) is 5.45. The lowest BCUT2D eigenvalue weighted by Gasteiger charge is -2.35. The molecule has 0 aliphatic carbocycles. The zero-order valence-corrected chi connectivity index (χ0v) is 15.2. The highest BCUT2D eigenvalue weighted by Gasteiger charge is 2.24. The Bertz CT molecular complexity index is 1090. The van der Waals surface area contributed by atoms with E-state index in [0.29, 0.717) is 0 Å². The maximum atomic E-state index is 6.14. The van der Waals surface area contributed by atoms with Gasteiger partial charge >= 0.3 is 0 Å². The van der Waals surface area contributed by atoms with Gasteiger partial charge in [0.2, 0.25) is 5.95 Å². The minimum absolute atomic E-state index is 0.776. The van der Waals surface area contributed by atoms with E-state index in [4.69, 9.17) is 14.4 Å². The Morgan fingerprint density at radius 2 is 1.67 bits per heavy atom. The Morgan fingerprint density at radius 3 is 2.44 bits per heavy atom. The fraction of sp³-hybridized carbons (Fsp3) is 0.300. The number of para-hydroxylation sites is 1. The highest BCUT2D eigenvalue weighted by atomic mass is 16.3. The number of rotatable bonds is 3. The minimum Gasteiger partial charge on any atom is -0.450 e. The quantitative estimate of drug-likeness (QED) is 0.556. The first-order chi connectivity index (χ1) is 13.3. The third-order valence-electron chi connectivity index (χ3n) is 4.98. The van der Waals surface area contributed by atoms with Crippen LogP contribution in [-0.4, -0.2) is 46.1 Å². The van der Waals surface area contributed by atoms with Crippen LogP contribution in [0.2, 0.25) is 0 Å². The third-order valence-corrected chi connectivity index (χ3v) is 4.98. The van der Waals surface area contributed by atoms with Crippen molar-refractivity contribution in [3.63, 3.8) is 0 Å². The van der Waals surface area contributed by atoms with Gasteiger partial charge in [0.1, 0.15) is 16.9 Å². The molecule has 0 bridgehead atoms. The number of fused-ring (bicyclic) bond motifs is 3. The van der Waals surface area contributed by atoms with Gasteiger partial charge in [-0.1, -0.05) is 19.1 Å². The van der Waals surface area contributed by atoms with Crippen molar-refractivity contribution in [2.75, 3.05) is 36.0 Å². The van der Waals surface area contributed by atoms with E-state index in [0.717, 1.165) is 72.3 Å². The Kier molecular flexibility index (Phi) is 3.85. The molecule has 1 aromatic carbocycles. The van der Waals surface area contributed by atoms with Gasteiger partial charge in [0.15, 0.2) is 11.4 Å². The zero-order chi connectivity index (χ0) is 18.2. The highest BCUT2D eigenvalue weighted by Crippen LogP contribution is 2.33. The van der Waals surface area contributed by atoms with Crippen molar-refractivity contribution in [3.8, 4) is 0 Å². The molecular weight excluding hydrogens is 340 g/mol. The van der Waals surface area contributed by atoms with Crippen molar-refractivity contribution in [2.45, 2.75) is 13.3 Å². The number of nitrogens with zero attached hydrogens (tertiary/aromatic N) is 6. The van der Waals surface area contributed by atoms with Gasteiger partial charge in [-0.3, -0.25) is 0 Å². The minimum atomic E-state index is 0.776. The van der Waals surface area contributed by atoms with Gasteiger partial charge in [0.25, 0.3) is 0 Å². The number of piperazine rings is 1. The van der Waals surface area contributed by atoms with Crippen LogP contribution in [0.1, 0.15) is 12.7 Å². The lowest BCUT2D eigenvalue weighted by molar-refractivity contribution is 0.619. The molecule has 1 saturated heterocycles. The number of furan rings is 1. The molecular formula is C20H20N6O. The fourth-order valence-corrected chi connectivity index (χ4v) is 3.57. The average molecular weight is 360 g/mol. The maximum Gasteiger partial charge on any atom is 0.225 e. The summed E-state index contributed by atoms with van der Waals surface area (Å²) in [5, 5.41) is 1.04. The molecule has 7 nitrogen and oxygen atoms in total. The van der Waals surface area contributed by atoms with Crippen LogP contribution in [0.5, 0.6) is 0 Å². The molecule has 7 heteroatoms. The van der Waals surface area contributed by atoms with E-state index in [1.54, 1.807) is 12.4 Å². The topological polar surface area (TPSA) is 71.2 Å². The Balaban J connectivity index is 1.51. The zero-order valence-electron chi connectivity index (χ0n) is 15.2. The van der Waals surface area contributed by atoms with E-state index in [9.17, 15) is 0 Å². The van der Waals surface area contributed by atoms with Crippen molar-refractivity contribution >= 4 is 33.8 Å². The van der Waals surface area contributed by atoms with Crippen molar-refractivity contribution in [2.24, 2.45) is 0 Å². The van der Waals surface area contributed by atoms with E-state index in [-0.39, 0.29) is 0 Å². The number of benzene rings is 1. The largest absolute Gasteiger partial charge is 0.450 e. The van der Waals surface area contributed by atoms with E-state index < -0.39 is 0 Å². The van der Waals surface area contributed by atoms with Gasteiger partial charge in [-0.2, -0.15) is 0 Å². The molecule has 0 unspecified atom stereocenters. The molecule has 5 rings (SSSR count). The molecule has 136 valence electrons. The van der Waals surface area contributed by atoms with E-state index in [1.807, 2.05) is 24.3 Å². The standard InChI is InChI=1S/C20H20N6O/c1-2-16-23-17-14-6-3-4-7-15(14)27-18(17)19(24-16)25-10-12-26(13-11-25)20-21-8-5-9-22-20/h3-9H,2,10-13H2,1H3. The number of aromatic nitrogens is 4.